The molecule has 0 unspecified atom stereocenters. The van der Waals surface area contributed by atoms with Crippen LogP contribution >= 0.6 is 11.6 Å². The minimum atomic E-state index is -0.466. The fourth-order valence-corrected chi connectivity index (χ4v) is 2.08. The van der Waals surface area contributed by atoms with Crippen molar-refractivity contribution in [3.8, 4) is 0 Å². The van der Waals surface area contributed by atoms with Gasteiger partial charge in [-0.1, -0.05) is 11.6 Å². The molecule has 1 saturated heterocycles. The van der Waals surface area contributed by atoms with E-state index in [0.29, 0.717) is 11.6 Å². The Labute approximate surface area is 104 Å². The van der Waals surface area contributed by atoms with Gasteiger partial charge in [0.2, 0.25) is 5.91 Å². The number of hydrogen-bond acceptors (Lipinski definition) is 2. The molecule has 1 aromatic carbocycles. The Kier molecular flexibility index (Phi) is 3.97. The van der Waals surface area contributed by atoms with Gasteiger partial charge in [0.25, 0.3) is 0 Å². The maximum atomic E-state index is 13.4. The number of carbonyl (C=O) groups excluding carboxylic acids is 1. The Hall–Kier alpha value is -1.13. The van der Waals surface area contributed by atoms with Crippen LogP contribution in [0.25, 0.3) is 0 Å². The first-order valence-corrected chi connectivity index (χ1v) is 6.01. The first kappa shape index (κ1) is 12.3. The van der Waals surface area contributed by atoms with Gasteiger partial charge in [-0.15, -0.1) is 0 Å². The summed E-state index contributed by atoms with van der Waals surface area (Å²) in [4.78, 5) is 11.9. The van der Waals surface area contributed by atoms with E-state index in [1.807, 2.05) is 0 Å². The summed E-state index contributed by atoms with van der Waals surface area (Å²) < 4.78 is 13.4. The number of nitrogens with one attached hydrogen (secondary N) is 2. The van der Waals surface area contributed by atoms with Crippen LogP contribution in [0.5, 0.6) is 0 Å². The second kappa shape index (κ2) is 5.47. The van der Waals surface area contributed by atoms with E-state index < -0.39 is 5.82 Å². The maximum Gasteiger partial charge on any atom is 0.228 e. The highest BCUT2D eigenvalue weighted by Crippen LogP contribution is 2.21. The maximum absolute atomic E-state index is 13.4. The van der Waals surface area contributed by atoms with Crippen molar-refractivity contribution in [1.82, 2.24) is 5.32 Å². The molecule has 92 valence electrons. The lowest BCUT2D eigenvalue weighted by Gasteiger charge is -2.22. The monoisotopic (exact) mass is 256 g/mol. The number of halogens is 2. The van der Waals surface area contributed by atoms with Crippen LogP contribution in [0.15, 0.2) is 18.2 Å². The van der Waals surface area contributed by atoms with Crippen LogP contribution in [0.4, 0.5) is 10.1 Å². The van der Waals surface area contributed by atoms with Crippen LogP contribution in [-0.4, -0.2) is 19.0 Å². The van der Waals surface area contributed by atoms with Gasteiger partial charge in [-0.25, -0.2) is 4.39 Å². The average molecular weight is 257 g/mol. The van der Waals surface area contributed by atoms with Crippen LogP contribution in [-0.2, 0) is 4.79 Å². The topological polar surface area (TPSA) is 41.1 Å². The number of amides is 1. The highest BCUT2D eigenvalue weighted by Gasteiger charge is 2.21. The average Bonchev–Trinajstić information content (AvgIpc) is 2.35. The van der Waals surface area contributed by atoms with Crippen molar-refractivity contribution >= 4 is 23.2 Å². The lowest BCUT2D eigenvalue weighted by atomic mass is 9.99. The standard InChI is InChI=1S/C12H14ClFN2O/c13-9-3-4-10(14)11(6-9)16-12(17)8-2-1-5-15-7-8/h3-4,6,8,15H,1-2,5,7H2,(H,16,17)/t8-/m0/s1. The number of carbonyl (C=O) groups is 1. The lowest BCUT2D eigenvalue weighted by molar-refractivity contribution is -0.120. The van der Waals surface area contributed by atoms with Gasteiger partial charge in [0.15, 0.2) is 0 Å². The van der Waals surface area contributed by atoms with E-state index in [1.165, 1.54) is 18.2 Å². The molecular formula is C12H14ClFN2O. The summed E-state index contributed by atoms with van der Waals surface area (Å²) in [6, 6.07) is 4.12. The van der Waals surface area contributed by atoms with Gasteiger partial charge in [0, 0.05) is 11.6 Å². The smallest absolute Gasteiger partial charge is 0.228 e. The third kappa shape index (κ3) is 3.17. The van der Waals surface area contributed by atoms with Crippen molar-refractivity contribution in [1.29, 1.82) is 0 Å². The molecule has 0 saturated carbocycles. The highest BCUT2D eigenvalue weighted by atomic mass is 35.5. The second-order valence-electron chi connectivity index (χ2n) is 4.16. The molecule has 0 radical (unpaired) electrons. The fraction of sp³-hybridized carbons (Fsp3) is 0.417. The number of anilines is 1. The molecule has 1 aliphatic heterocycles. The first-order chi connectivity index (χ1) is 8.16. The molecule has 0 aliphatic carbocycles. The summed E-state index contributed by atoms with van der Waals surface area (Å²) in [5.41, 5.74) is 0.146. The van der Waals surface area contributed by atoms with E-state index in [-0.39, 0.29) is 17.5 Å². The van der Waals surface area contributed by atoms with Gasteiger partial charge in [-0.3, -0.25) is 4.79 Å². The quantitative estimate of drug-likeness (QED) is 0.853. The van der Waals surface area contributed by atoms with Gasteiger partial charge in [-0.05, 0) is 37.6 Å². The van der Waals surface area contributed by atoms with Crippen molar-refractivity contribution in [2.45, 2.75) is 12.8 Å². The Bertz CT molecular complexity index is 419. The largest absolute Gasteiger partial charge is 0.323 e. The molecule has 1 aliphatic rings. The Morgan fingerprint density at radius 1 is 1.53 bits per heavy atom. The molecular weight excluding hydrogens is 243 g/mol. The van der Waals surface area contributed by atoms with E-state index >= 15 is 0 Å². The molecule has 1 heterocycles. The highest BCUT2D eigenvalue weighted by molar-refractivity contribution is 6.30. The first-order valence-electron chi connectivity index (χ1n) is 5.63. The molecule has 1 amide bonds. The third-order valence-electron chi connectivity index (χ3n) is 2.85. The zero-order chi connectivity index (χ0) is 12.3. The summed E-state index contributed by atoms with van der Waals surface area (Å²) in [6.45, 7) is 1.59. The lowest BCUT2D eigenvalue weighted by Crippen LogP contribution is -2.37. The number of piperidine rings is 1. The van der Waals surface area contributed by atoms with Gasteiger partial charge >= 0.3 is 0 Å². The van der Waals surface area contributed by atoms with Gasteiger partial charge in [-0.2, -0.15) is 0 Å². The molecule has 1 atom stereocenters. The minimum absolute atomic E-state index is 0.0952. The summed E-state index contributed by atoms with van der Waals surface area (Å²) in [5.74, 6) is -0.716. The van der Waals surface area contributed by atoms with Gasteiger partial charge < -0.3 is 10.6 Å². The Balaban J connectivity index is 2.04. The summed E-state index contributed by atoms with van der Waals surface area (Å²) in [6.07, 6.45) is 1.80. The van der Waals surface area contributed by atoms with Crippen LogP contribution in [0, 0.1) is 11.7 Å². The predicted octanol–water partition coefficient (Wildman–Crippen LogP) is 2.42. The van der Waals surface area contributed by atoms with Crippen molar-refractivity contribution in [2.24, 2.45) is 5.92 Å². The minimum Gasteiger partial charge on any atom is -0.323 e. The molecule has 0 bridgehead atoms. The Morgan fingerprint density at radius 3 is 3.06 bits per heavy atom. The molecule has 1 aromatic rings. The van der Waals surface area contributed by atoms with Crippen LogP contribution in [0.3, 0.4) is 0 Å². The van der Waals surface area contributed by atoms with Crippen LogP contribution < -0.4 is 10.6 Å². The predicted molar refractivity (Wildman–Crippen MR) is 65.6 cm³/mol. The fourth-order valence-electron chi connectivity index (χ4n) is 1.90. The van der Waals surface area contributed by atoms with E-state index in [4.69, 9.17) is 11.6 Å². The summed E-state index contributed by atoms with van der Waals surface area (Å²) >= 11 is 5.76. The van der Waals surface area contributed by atoms with Crippen molar-refractivity contribution in [3.05, 3.63) is 29.0 Å². The molecule has 17 heavy (non-hydrogen) atoms. The zero-order valence-electron chi connectivity index (χ0n) is 9.30. The number of hydrogen-bond donors (Lipinski definition) is 2. The molecule has 3 nitrogen and oxygen atoms in total. The number of rotatable bonds is 2. The molecule has 2 N–H and O–H groups in total. The van der Waals surface area contributed by atoms with Crippen LogP contribution in [0.1, 0.15) is 12.8 Å². The number of benzene rings is 1. The molecule has 1 fully saturated rings. The second-order valence-corrected chi connectivity index (χ2v) is 4.59. The van der Waals surface area contributed by atoms with Gasteiger partial charge in [0.05, 0.1) is 11.6 Å². The summed E-state index contributed by atoms with van der Waals surface area (Å²) in [5, 5.41) is 6.14. The molecule has 0 aromatic heterocycles. The van der Waals surface area contributed by atoms with Crippen molar-refractivity contribution in [2.75, 3.05) is 18.4 Å². The zero-order valence-corrected chi connectivity index (χ0v) is 10.1. The van der Waals surface area contributed by atoms with Crippen molar-refractivity contribution in [3.63, 3.8) is 0 Å². The third-order valence-corrected chi connectivity index (χ3v) is 3.09. The SMILES string of the molecule is O=C(Nc1cc(Cl)ccc1F)[C@H]1CCCNC1. The van der Waals surface area contributed by atoms with Gasteiger partial charge in [0.1, 0.15) is 5.82 Å². The van der Waals surface area contributed by atoms with E-state index in [9.17, 15) is 9.18 Å². The molecule has 0 spiro atoms. The van der Waals surface area contributed by atoms with E-state index in [2.05, 4.69) is 10.6 Å². The molecule has 2 rings (SSSR count). The Morgan fingerprint density at radius 2 is 2.35 bits per heavy atom. The normalized spacial score (nSPS) is 20.0. The van der Waals surface area contributed by atoms with Crippen molar-refractivity contribution < 1.29 is 9.18 Å². The van der Waals surface area contributed by atoms with E-state index in [1.54, 1.807) is 0 Å². The van der Waals surface area contributed by atoms with Crippen LogP contribution in [0.2, 0.25) is 5.02 Å². The molecule has 5 heteroatoms. The summed E-state index contributed by atoms with van der Waals surface area (Å²) in [7, 11) is 0. The van der Waals surface area contributed by atoms with E-state index in [0.717, 1.165) is 19.4 Å².